The number of hydrogen-bond donors (Lipinski definition) is 2. The molecule has 1 aliphatic rings. The average molecular weight is 476 g/mol. The molecule has 1 atom stereocenters. The number of amides is 3. The van der Waals surface area contributed by atoms with Gasteiger partial charge in [0.1, 0.15) is 18.1 Å². The molecule has 9 nitrogen and oxygen atoms in total. The number of aromatic nitrogens is 2. The lowest BCUT2D eigenvalue weighted by Gasteiger charge is -2.26. The van der Waals surface area contributed by atoms with Gasteiger partial charge in [-0.05, 0) is 43.0 Å². The maximum atomic E-state index is 13.0. The summed E-state index contributed by atoms with van der Waals surface area (Å²) in [6.45, 7) is 4.82. The van der Waals surface area contributed by atoms with E-state index < -0.39 is 0 Å². The standard InChI is InChI=1S/C23H30ClN5O4/c1-15(2)18-14-33-20-7-6-16(24)12-17(20)22(31)25-9-4-5-11-29(13-21(30)27-18)23(32)19-8-10-26-28(19)3/h6-8,10,12,15,18H,4-5,9,11,13-14H2,1-3H3,(H,25,31)(H,27,30)/t18-/m0/s1. The van der Waals surface area contributed by atoms with E-state index in [1.807, 2.05) is 13.8 Å². The van der Waals surface area contributed by atoms with E-state index in [0.29, 0.717) is 48.0 Å². The molecule has 0 fully saturated rings. The Morgan fingerprint density at radius 2 is 2.03 bits per heavy atom. The van der Waals surface area contributed by atoms with Crippen molar-refractivity contribution in [3.05, 3.63) is 46.7 Å². The lowest BCUT2D eigenvalue weighted by atomic mass is 10.1. The Labute approximate surface area is 198 Å². The topological polar surface area (TPSA) is 106 Å². The third kappa shape index (κ3) is 6.47. The van der Waals surface area contributed by atoms with Gasteiger partial charge in [0.25, 0.3) is 11.8 Å². The number of halogens is 1. The lowest BCUT2D eigenvalue weighted by molar-refractivity contribution is -0.123. The van der Waals surface area contributed by atoms with E-state index in [1.165, 1.54) is 9.58 Å². The molecule has 2 aromatic rings. The molecule has 1 aromatic heterocycles. The maximum Gasteiger partial charge on any atom is 0.272 e. The molecule has 0 spiro atoms. The molecule has 3 amide bonds. The van der Waals surface area contributed by atoms with Gasteiger partial charge in [0.15, 0.2) is 0 Å². The van der Waals surface area contributed by atoms with Crippen LogP contribution in [0.2, 0.25) is 5.02 Å². The van der Waals surface area contributed by atoms with Crippen molar-refractivity contribution in [1.29, 1.82) is 0 Å². The van der Waals surface area contributed by atoms with Crippen molar-refractivity contribution in [2.75, 3.05) is 26.2 Å². The lowest BCUT2D eigenvalue weighted by Crippen LogP contribution is -2.48. The Morgan fingerprint density at radius 1 is 1.24 bits per heavy atom. The highest BCUT2D eigenvalue weighted by atomic mass is 35.5. The summed E-state index contributed by atoms with van der Waals surface area (Å²) < 4.78 is 7.42. The first-order valence-corrected chi connectivity index (χ1v) is 11.4. The number of carbonyl (C=O) groups is 3. The first-order chi connectivity index (χ1) is 15.8. The van der Waals surface area contributed by atoms with Gasteiger partial charge in [-0.3, -0.25) is 19.1 Å². The Hall–Kier alpha value is -3.07. The van der Waals surface area contributed by atoms with Gasteiger partial charge >= 0.3 is 0 Å². The molecule has 2 N–H and O–H groups in total. The van der Waals surface area contributed by atoms with E-state index in [-0.39, 0.29) is 42.8 Å². The van der Waals surface area contributed by atoms with Crippen molar-refractivity contribution >= 4 is 29.3 Å². The predicted molar refractivity (Wildman–Crippen MR) is 124 cm³/mol. The second-order valence-corrected chi connectivity index (χ2v) is 8.84. The van der Waals surface area contributed by atoms with Gasteiger partial charge in [0, 0.05) is 31.4 Å². The summed E-state index contributed by atoms with van der Waals surface area (Å²) in [6, 6.07) is 6.20. The van der Waals surface area contributed by atoms with Gasteiger partial charge in [-0.2, -0.15) is 5.10 Å². The molecule has 1 aliphatic heterocycles. The van der Waals surface area contributed by atoms with Gasteiger partial charge in [-0.25, -0.2) is 0 Å². The van der Waals surface area contributed by atoms with E-state index in [1.54, 1.807) is 37.5 Å². The number of rotatable bonds is 2. The fourth-order valence-corrected chi connectivity index (χ4v) is 3.71. The molecule has 0 aliphatic carbocycles. The minimum Gasteiger partial charge on any atom is -0.491 e. The highest BCUT2D eigenvalue weighted by Crippen LogP contribution is 2.23. The van der Waals surface area contributed by atoms with Gasteiger partial charge in [0.05, 0.1) is 18.2 Å². The quantitative estimate of drug-likeness (QED) is 0.693. The van der Waals surface area contributed by atoms with Gasteiger partial charge in [-0.1, -0.05) is 25.4 Å². The minimum absolute atomic E-state index is 0.0652. The molecule has 0 unspecified atom stereocenters. The third-order valence-electron chi connectivity index (χ3n) is 5.56. The zero-order valence-corrected chi connectivity index (χ0v) is 19.9. The van der Waals surface area contributed by atoms with Crippen LogP contribution in [0.5, 0.6) is 5.75 Å². The van der Waals surface area contributed by atoms with Crippen LogP contribution in [0.15, 0.2) is 30.5 Å². The summed E-state index contributed by atoms with van der Waals surface area (Å²) in [5, 5.41) is 10.3. The van der Waals surface area contributed by atoms with Crippen molar-refractivity contribution in [1.82, 2.24) is 25.3 Å². The third-order valence-corrected chi connectivity index (χ3v) is 5.79. The minimum atomic E-state index is -0.317. The summed E-state index contributed by atoms with van der Waals surface area (Å²) in [4.78, 5) is 40.2. The maximum absolute atomic E-state index is 13.0. The normalized spacial score (nSPS) is 18.5. The Balaban J connectivity index is 1.82. The van der Waals surface area contributed by atoms with Crippen molar-refractivity contribution in [3.8, 4) is 5.75 Å². The number of hydrogen-bond acceptors (Lipinski definition) is 5. The van der Waals surface area contributed by atoms with Crippen molar-refractivity contribution < 1.29 is 19.1 Å². The molecule has 3 rings (SSSR count). The molecule has 0 radical (unpaired) electrons. The summed E-state index contributed by atoms with van der Waals surface area (Å²) in [5.41, 5.74) is 0.754. The Bertz CT molecular complexity index is 1010. The van der Waals surface area contributed by atoms with Crippen LogP contribution in [0, 0.1) is 5.92 Å². The van der Waals surface area contributed by atoms with Crippen molar-refractivity contribution in [2.45, 2.75) is 32.7 Å². The smallest absolute Gasteiger partial charge is 0.272 e. The van der Waals surface area contributed by atoms with E-state index in [0.717, 1.165) is 0 Å². The molecule has 2 heterocycles. The average Bonchev–Trinajstić information content (AvgIpc) is 3.20. The molecule has 0 bridgehead atoms. The van der Waals surface area contributed by atoms with Gasteiger partial charge < -0.3 is 20.3 Å². The van der Waals surface area contributed by atoms with Crippen LogP contribution in [-0.4, -0.2) is 64.7 Å². The van der Waals surface area contributed by atoms with Crippen LogP contribution in [0.1, 0.15) is 47.5 Å². The van der Waals surface area contributed by atoms with E-state index >= 15 is 0 Å². The van der Waals surface area contributed by atoms with Crippen LogP contribution in [0.4, 0.5) is 0 Å². The van der Waals surface area contributed by atoms with Crippen LogP contribution < -0.4 is 15.4 Å². The van der Waals surface area contributed by atoms with Crippen LogP contribution in [0.3, 0.4) is 0 Å². The van der Waals surface area contributed by atoms with Crippen molar-refractivity contribution in [2.24, 2.45) is 13.0 Å². The first-order valence-electron chi connectivity index (χ1n) is 11.0. The first kappa shape index (κ1) is 24.6. The number of fused-ring (bicyclic) bond motifs is 1. The Kier molecular flexibility index (Phi) is 8.32. The number of ether oxygens (including phenoxy) is 1. The monoisotopic (exact) mass is 475 g/mol. The molecule has 0 saturated carbocycles. The number of nitrogens with one attached hydrogen (secondary N) is 2. The van der Waals surface area contributed by atoms with Crippen molar-refractivity contribution in [3.63, 3.8) is 0 Å². The molecular weight excluding hydrogens is 446 g/mol. The molecule has 178 valence electrons. The Morgan fingerprint density at radius 3 is 2.73 bits per heavy atom. The van der Waals surface area contributed by atoms with Gasteiger partial charge in [0.2, 0.25) is 5.91 Å². The molecular formula is C23H30ClN5O4. The highest BCUT2D eigenvalue weighted by molar-refractivity contribution is 6.31. The summed E-state index contributed by atoms with van der Waals surface area (Å²) >= 11 is 6.10. The number of aryl methyl sites for hydroxylation is 1. The number of nitrogens with zero attached hydrogens (tertiary/aromatic N) is 3. The molecule has 1 aromatic carbocycles. The van der Waals surface area contributed by atoms with E-state index in [2.05, 4.69) is 15.7 Å². The second kappa shape index (κ2) is 11.2. The second-order valence-electron chi connectivity index (χ2n) is 8.40. The SMILES string of the molecule is CC(C)[C@@H]1COc2ccc(Cl)cc2C(=O)NCCCCN(C(=O)c2ccnn2C)CC(=O)N1. The van der Waals surface area contributed by atoms with E-state index in [9.17, 15) is 14.4 Å². The van der Waals surface area contributed by atoms with Crippen LogP contribution >= 0.6 is 11.6 Å². The zero-order valence-electron chi connectivity index (χ0n) is 19.1. The highest BCUT2D eigenvalue weighted by Gasteiger charge is 2.24. The number of carbonyl (C=O) groups excluding carboxylic acids is 3. The largest absolute Gasteiger partial charge is 0.491 e. The summed E-state index contributed by atoms with van der Waals surface area (Å²) in [5.74, 6) is -0.350. The zero-order chi connectivity index (χ0) is 24.0. The molecule has 0 saturated heterocycles. The molecule has 33 heavy (non-hydrogen) atoms. The predicted octanol–water partition coefficient (Wildman–Crippen LogP) is 2.26. The molecule has 10 heteroatoms. The summed E-state index contributed by atoms with van der Waals surface area (Å²) in [7, 11) is 1.69. The van der Waals surface area contributed by atoms with Gasteiger partial charge in [-0.15, -0.1) is 0 Å². The number of benzene rings is 1. The van der Waals surface area contributed by atoms with Crippen LogP contribution in [-0.2, 0) is 11.8 Å². The van der Waals surface area contributed by atoms with E-state index in [4.69, 9.17) is 16.3 Å². The fraction of sp³-hybridized carbons (Fsp3) is 0.478. The fourth-order valence-electron chi connectivity index (χ4n) is 3.53. The van der Waals surface area contributed by atoms with Crippen LogP contribution in [0.25, 0.3) is 0 Å². The summed E-state index contributed by atoms with van der Waals surface area (Å²) in [6.07, 6.45) is 2.80.